The number of carbonyl (C=O) groups excluding carboxylic acids is 1. The summed E-state index contributed by atoms with van der Waals surface area (Å²) in [5.74, 6) is 0.606. The number of hydrogen-bond donors (Lipinski definition) is 0. The van der Waals surface area contributed by atoms with E-state index in [1.54, 1.807) is 0 Å². The van der Waals surface area contributed by atoms with Crippen molar-refractivity contribution in [3.8, 4) is 5.75 Å². The van der Waals surface area contributed by atoms with Gasteiger partial charge in [0.2, 0.25) is 0 Å². The van der Waals surface area contributed by atoms with Gasteiger partial charge in [-0.2, -0.15) is 0 Å². The third-order valence-corrected chi connectivity index (χ3v) is 4.70. The maximum absolute atomic E-state index is 12.5. The van der Waals surface area contributed by atoms with Crippen LogP contribution in [-0.4, -0.2) is 23.1 Å². The predicted molar refractivity (Wildman–Crippen MR) is 90.2 cm³/mol. The summed E-state index contributed by atoms with van der Waals surface area (Å²) in [6.45, 7) is 0. The van der Waals surface area contributed by atoms with Crippen molar-refractivity contribution in [2.24, 2.45) is 0 Å². The van der Waals surface area contributed by atoms with Crippen LogP contribution in [0.15, 0.2) is 66.7 Å². The third-order valence-electron chi connectivity index (χ3n) is 4.70. The van der Waals surface area contributed by atoms with E-state index in [0.717, 1.165) is 19.3 Å². The molecule has 3 heteroatoms. The zero-order valence-corrected chi connectivity index (χ0v) is 12.9. The van der Waals surface area contributed by atoms with Crippen molar-refractivity contribution in [2.75, 3.05) is 0 Å². The van der Waals surface area contributed by atoms with Gasteiger partial charge in [-0.25, -0.2) is 4.79 Å². The van der Waals surface area contributed by atoms with Crippen LogP contribution in [-0.2, 0) is 0 Å². The van der Waals surface area contributed by atoms with Crippen molar-refractivity contribution in [1.29, 1.82) is 0 Å². The van der Waals surface area contributed by atoms with Gasteiger partial charge in [0.15, 0.2) is 0 Å². The molecule has 1 saturated heterocycles. The fourth-order valence-electron chi connectivity index (χ4n) is 3.62. The lowest BCUT2D eigenvalue weighted by molar-refractivity contribution is 0.135. The number of amides is 1. The van der Waals surface area contributed by atoms with Crippen LogP contribution in [0.3, 0.4) is 0 Å². The third kappa shape index (κ3) is 2.74. The lowest BCUT2D eigenvalue weighted by Gasteiger charge is -2.33. The number of nitrogens with zero attached hydrogens (tertiary/aromatic N) is 1. The topological polar surface area (TPSA) is 29.5 Å². The minimum Gasteiger partial charge on any atom is -0.410 e. The van der Waals surface area contributed by atoms with Crippen LogP contribution >= 0.6 is 0 Å². The van der Waals surface area contributed by atoms with Gasteiger partial charge < -0.3 is 4.74 Å². The highest BCUT2D eigenvalue weighted by Gasteiger charge is 2.40. The molecule has 0 saturated carbocycles. The molecule has 0 radical (unpaired) electrons. The van der Waals surface area contributed by atoms with E-state index < -0.39 is 0 Å². The van der Waals surface area contributed by atoms with Crippen molar-refractivity contribution in [3.63, 3.8) is 0 Å². The molecule has 2 aromatic rings. The molecule has 0 unspecified atom stereocenters. The summed E-state index contributed by atoms with van der Waals surface area (Å²) in [7, 11) is 0. The molecule has 2 atom stereocenters. The maximum Gasteiger partial charge on any atom is 0.415 e. The summed E-state index contributed by atoms with van der Waals surface area (Å²) >= 11 is 0. The summed E-state index contributed by atoms with van der Waals surface area (Å²) in [6.07, 6.45) is 4.98. The maximum atomic E-state index is 12.5. The van der Waals surface area contributed by atoms with Crippen molar-refractivity contribution >= 4 is 11.7 Å². The molecule has 1 amide bonds. The molecular weight excluding hydrogens is 286 g/mol. The summed E-state index contributed by atoms with van der Waals surface area (Å²) in [5, 5.41) is 0. The Hall–Kier alpha value is -2.55. The van der Waals surface area contributed by atoms with E-state index in [1.165, 1.54) is 11.1 Å². The van der Waals surface area contributed by atoms with E-state index in [9.17, 15) is 4.79 Å². The zero-order valence-electron chi connectivity index (χ0n) is 12.9. The fourth-order valence-corrected chi connectivity index (χ4v) is 3.62. The Morgan fingerprint density at radius 3 is 2.35 bits per heavy atom. The molecule has 2 aliphatic heterocycles. The molecule has 0 aromatic heterocycles. The quantitative estimate of drug-likeness (QED) is 0.817. The Kier molecular flexibility index (Phi) is 3.62. The van der Waals surface area contributed by atoms with Gasteiger partial charge in [0, 0.05) is 6.04 Å². The second kappa shape index (κ2) is 5.92. The molecule has 23 heavy (non-hydrogen) atoms. The number of ether oxygens (including phenoxy) is 1. The summed E-state index contributed by atoms with van der Waals surface area (Å²) in [6, 6.07) is 20.1. The second-order valence-corrected chi connectivity index (χ2v) is 6.15. The van der Waals surface area contributed by atoms with E-state index in [-0.39, 0.29) is 18.2 Å². The van der Waals surface area contributed by atoms with Gasteiger partial charge in [-0.05, 0) is 42.5 Å². The van der Waals surface area contributed by atoms with Gasteiger partial charge >= 0.3 is 6.09 Å². The monoisotopic (exact) mass is 305 g/mol. The van der Waals surface area contributed by atoms with Gasteiger partial charge in [0.1, 0.15) is 5.75 Å². The first-order chi connectivity index (χ1) is 11.3. The van der Waals surface area contributed by atoms with Crippen molar-refractivity contribution in [2.45, 2.75) is 31.3 Å². The first-order valence-electron chi connectivity index (χ1n) is 8.12. The minimum absolute atomic E-state index is 0.153. The largest absolute Gasteiger partial charge is 0.415 e. The number of benzene rings is 2. The number of fused-ring (bicyclic) bond motifs is 2. The van der Waals surface area contributed by atoms with Gasteiger partial charge in [-0.15, -0.1) is 0 Å². The summed E-state index contributed by atoms with van der Waals surface area (Å²) in [5.41, 5.74) is 2.61. The summed E-state index contributed by atoms with van der Waals surface area (Å²) < 4.78 is 5.53. The van der Waals surface area contributed by atoms with Crippen LogP contribution in [0.2, 0.25) is 0 Å². The molecule has 0 N–H and O–H groups in total. The second-order valence-electron chi connectivity index (χ2n) is 6.15. The Labute approximate surface area is 136 Å². The van der Waals surface area contributed by atoms with Crippen LogP contribution in [0.25, 0.3) is 5.57 Å². The van der Waals surface area contributed by atoms with Crippen LogP contribution in [0, 0.1) is 0 Å². The van der Waals surface area contributed by atoms with E-state index in [4.69, 9.17) is 4.74 Å². The minimum atomic E-state index is -0.230. The summed E-state index contributed by atoms with van der Waals surface area (Å²) in [4.78, 5) is 14.5. The Balaban J connectivity index is 1.54. The molecule has 1 fully saturated rings. The Morgan fingerprint density at radius 2 is 1.65 bits per heavy atom. The molecule has 2 bridgehead atoms. The van der Waals surface area contributed by atoms with E-state index in [1.807, 2.05) is 41.3 Å². The normalized spacial score (nSPS) is 22.6. The molecule has 116 valence electrons. The molecule has 0 aliphatic carbocycles. The first-order valence-corrected chi connectivity index (χ1v) is 8.12. The van der Waals surface area contributed by atoms with Crippen molar-refractivity contribution in [1.82, 2.24) is 4.90 Å². The number of carbonyl (C=O) groups is 1. The standard InChI is InChI=1S/C20H19NO2/c22-20(23-19-9-5-2-6-10-19)21-17-11-12-18(21)14-16(13-17)15-7-3-1-4-8-15/h1-10,13,17-18H,11-12,14H2/t17-,18+/m1/s1. The highest BCUT2D eigenvalue weighted by Crippen LogP contribution is 2.38. The highest BCUT2D eigenvalue weighted by atomic mass is 16.6. The average Bonchev–Trinajstić information content (AvgIpc) is 2.87. The van der Waals surface area contributed by atoms with Crippen LogP contribution in [0.1, 0.15) is 24.8 Å². The predicted octanol–water partition coefficient (Wildman–Crippen LogP) is 4.51. The molecule has 4 rings (SSSR count). The average molecular weight is 305 g/mol. The first kappa shape index (κ1) is 14.1. The Bertz CT molecular complexity index is 724. The highest BCUT2D eigenvalue weighted by molar-refractivity contribution is 5.76. The molecule has 2 aromatic carbocycles. The molecule has 3 nitrogen and oxygen atoms in total. The van der Waals surface area contributed by atoms with Crippen LogP contribution in [0.5, 0.6) is 5.75 Å². The van der Waals surface area contributed by atoms with Crippen LogP contribution < -0.4 is 4.74 Å². The fraction of sp³-hybridized carbons (Fsp3) is 0.250. The lowest BCUT2D eigenvalue weighted by atomic mass is 9.95. The zero-order chi connectivity index (χ0) is 15.6. The van der Waals surface area contributed by atoms with Gasteiger partial charge in [-0.1, -0.05) is 54.6 Å². The molecule has 2 heterocycles. The number of para-hydroxylation sites is 1. The van der Waals surface area contributed by atoms with Crippen molar-refractivity contribution < 1.29 is 9.53 Å². The smallest absolute Gasteiger partial charge is 0.410 e. The molecule has 2 aliphatic rings. The Morgan fingerprint density at radius 1 is 0.957 bits per heavy atom. The molecule has 0 spiro atoms. The molecular formula is C20H19NO2. The van der Waals surface area contributed by atoms with E-state index in [0.29, 0.717) is 5.75 Å². The number of rotatable bonds is 2. The van der Waals surface area contributed by atoms with Crippen LogP contribution in [0.4, 0.5) is 4.79 Å². The van der Waals surface area contributed by atoms with Crippen molar-refractivity contribution in [3.05, 3.63) is 72.3 Å². The van der Waals surface area contributed by atoms with Gasteiger partial charge in [0.05, 0.1) is 6.04 Å². The SMILES string of the molecule is O=C(Oc1ccccc1)N1[C@H]2CC[C@@H]1C=C(c1ccccc1)C2. The van der Waals surface area contributed by atoms with E-state index >= 15 is 0 Å². The van der Waals surface area contributed by atoms with E-state index in [2.05, 4.69) is 30.3 Å². The lowest BCUT2D eigenvalue weighted by Crippen LogP contribution is -2.44. The van der Waals surface area contributed by atoms with Gasteiger partial charge in [0.25, 0.3) is 0 Å². The van der Waals surface area contributed by atoms with Gasteiger partial charge in [-0.3, -0.25) is 4.90 Å². The number of hydrogen-bond acceptors (Lipinski definition) is 2.